The first-order valence-corrected chi connectivity index (χ1v) is 5.39. The van der Waals surface area contributed by atoms with Crippen LogP contribution in [0.1, 0.15) is 18.4 Å². The minimum atomic E-state index is -0.231. The molecule has 0 unspecified atom stereocenters. The van der Waals surface area contributed by atoms with Crippen LogP contribution in [-0.4, -0.2) is 19.0 Å². The van der Waals surface area contributed by atoms with Crippen LogP contribution in [0.15, 0.2) is 24.3 Å². The van der Waals surface area contributed by atoms with Crippen LogP contribution >= 0.6 is 0 Å². The summed E-state index contributed by atoms with van der Waals surface area (Å²) in [5.41, 5.74) is 6.32. The van der Waals surface area contributed by atoms with E-state index in [-0.39, 0.29) is 23.7 Å². The molecule has 16 heavy (non-hydrogen) atoms. The number of halogens is 1. The molecule has 1 aromatic rings. The van der Waals surface area contributed by atoms with E-state index >= 15 is 0 Å². The largest absolute Gasteiger partial charge is 0.354 e. The fraction of sp³-hybridized carbons (Fsp3) is 0.417. The van der Waals surface area contributed by atoms with Crippen molar-refractivity contribution in [1.82, 2.24) is 5.32 Å². The van der Waals surface area contributed by atoms with E-state index in [4.69, 9.17) is 5.73 Å². The quantitative estimate of drug-likeness (QED) is 0.796. The lowest BCUT2D eigenvalue weighted by atomic mass is 9.96. The van der Waals surface area contributed by atoms with Gasteiger partial charge in [-0.1, -0.05) is 12.1 Å². The predicted octanol–water partition coefficient (Wildman–Crippen LogP) is 0.932. The van der Waals surface area contributed by atoms with Crippen molar-refractivity contribution in [3.8, 4) is 0 Å². The average molecular weight is 222 g/mol. The number of hydrogen-bond donors (Lipinski definition) is 2. The van der Waals surface area contributed by atoms with Gasteiger partial charge in [-0.2, -0.15) is 0 Å². The molecule has 0 atom stereocenters. The SMILES string of the molecule is NCC(=O)NCC1(c2ccc(F)cc2)CC1. The summed E-state index contributed by atoms with van der Waals surface area (Å²) in [5.74, 6) is -0.376. The normalized spacial score (nSPS) is 16.9. The number of carbonyl (C=O) groups excluding carboxylic acids is 1. The van der Waals surface area contributed by atoms with Gasteiger partial charge in [-0.3, -0.25) is 4.79 Å². The lowest BCUT2D eigenvalue weighted by molar-refractivity contribution is -0.119. The second-order valence-electron chi connectivity index (χ2n) is 4.27. The van der Waals surface area contributed by atoms with Crippen LogP contribution in [0.25, 0.3) is 0 Å². The van der Waals surface area contributed by atoms with Crippen LogP contribution < -0.4 is 11.1 Å². The lowest BCUT2D eigenvalue weighted by Crippen LogP contribution is -2.36. The highest BCUT2D eigenvalue weighted by Gasteiger charge is 2.44. The molecule has 2 rings (SSSR count). The van der Waals surface area contributed by atoms with Crippen molar-refractivity contribution in [3.05, 3.63) is 35.6 Å². The molecule has 0 bridgehead atoms. The molecular weight excluding hydrogens is 207 g/mol. The van der Waals surface area contributed by atoms with Crippen LogP contribution in [0, 0.1) is 5.82 Å². The Balaban J connectivity index is 2.02. The van der Waals surface area contributed by atoms with Gasteiger partial charge in [-0.05, 0) is 30.5 Å². The monoisotopic (exact) mass is 222 g/mol. The molecule has 0 heterocycles. The van der Waals surface area contributed by atoms with E-state index in [0.29, 0.717) is 6.54 Å². The molecule has 1 aliphatic carbocycles. The summed E-state index contributed by atoms with van der Waals surface area (Å²) in [7, 11) is 0. The number of benzene rings is 1. The molecule has 3 nitrogen and oxygen atoms in total. The van der Waals surface area contributed by atoms with Gasteiger partial charge in [0.15, 0.2) is 0 Å². The molecule has 86 valence electrons. The van der Waals surface area contributed by atoms with Gasteiger partial charge in [0.2, 0.25) is 5.91 Å². The third kappa shape index (κ3) is 2.22. The van der Waals surface area contributed by atoms with Crippen LogP contribution in [0.3, 0.4) is 0 Å². The Morgan fingerprint density at radius 1 is 1.38 bits per heavy atom. The minimum absolute atomic E-state index is 0.0124. The summed E-state index contributed by atoms with van der Waals surface area (Å²) in [6, 6.07) is 6.49. The topological polar surface area (TPSA) is 55.1 Å². The van der Waals surface area contributed by atoms with Crippen molar-refractivity contribution in [3.63, 3.8) is 0 Å². The maximum atomic E-state index is 12.8. The van der Waals surface area contributed by atoms with Gasteiger partial charge in [-0.15, -0.1) is 0 Å². The minimum Gasteiger partial charge on any atom is -0.354 e. The summed E-state index contributed by atoms with van der Waals surface area (Å²) in [6.45, 7) is 0.605. The van der Waals surface area contributed by atoms with E-state index in [0.717, 1.165) is 18.4 Å². The standard InChI is InChI=1S/C12H15FN2O/c13-10-3-1-9(2-4-10)12(5-6-12)8-15-11(16)7-14/h1-4H,5-8,14H2,(H,15,16). The number of nitrogens with one attached hydrogen (secondary N) is 1. The summed E-state index contributed by atoms with van der Waals surface area (Å²) in [4.78, 5) is 11.1. The highest BCUT2D eigenvalue weighted by Crippen LogP contribution is 2.47. The van der Waals surface area contributed by atoms with Crippen molar-refractivity contribution < 1.29 is 9.18 Å². The van der Waals surface area contributed by atoms with Gasteiger partial charge < -0.3 is 11.1 Å². The third-order valence-electron chi connectivity index (χ3n) is 3.12. The van der Waals surface area contributed by atoms with E-state index in [1.807, 2.05) is 0 Å². The van der Waals surface area contributed by atoms with Crippen LogP contribution in [0.4, 0.5) is 4.39 Å². The molecule has 1 amide bonds. The van der Waals surface area contributed by atoms with Crippen molar-refractivity contribution in [2.75, 3.05) is 13.1 Å². The van der Waals surface area contributed by atoms with Crippen molar-refractivity contribution in [2.45, 2.75) is 18.3 Å². The van der Waals surface area contributed by atoms with Crippen molar-refractivity contribution in [1.29, 1.82) is 0 Å². The predicted molar refractivity (Wildman–Crippen MR) is 59.4 cm³/mol. The zero-order valence-corrected chi connectivity index (χ0v) is 9.00. The molecule has 0 spiro atoms. The van der Waals surface area contributed by atoms with Crippen molar-refractivity contribution >= 4 is 5.91 Å². The van der Waals surface area contributed by atoms with Gasteiger partial charge in [0.1, 0.15) is 5.82 Å². The number of amides is 1. The van der Waals surface area contributed by atoms with E-state index in [2.05, 4.69) is 5.32 Å². The number of hydrogen-bond acceptors (Lipinski definition) is 2. The summed E-state index contributed by atoms with van der Waals surface area (Å²) in [5, 5.41) is 2.79. The van der Waals surface area contributed by atoms with Gasteiger partial charge in [-0.25, -0.2) is 4.39 Å². The number of rotatable bonds is 4. The highest BCUT2D eigenvalue weighted by atomic mass is 19.1. The molecule has 0 aromatic heterocycles. The zero-order valence-electron chi connectivity index (χ0n) is 9.00. The van der Waals surface area contributed by atoms with Crippen LogP contribution in [-0.2, 0) is 10.2 Å². The van der Waals surface area contributed by atoms with Crippen LogP contribution in [0.5, 0.6) is 0 Å². The molecule has 0 aliphatic heterocycles. The highest BCUT2D eigenvalue weighted by molar-refractivity contribution is 5.77. The van der Waals surface area contributed by atoms with E-state index in [1.165, 1.54) is 12.1 Å². The Morgan fingerprint density at radius 3 is 2.50 bits per heavy atom. The molecule has 0 radical (unpaired) electrons. The van der Waals surface area contributed by atoms with E-state index in [1.54, 1.807) is 12.1 Å². The fourth-order valence-electron chi connectivity index (χ4n) is 1.86. The molecule has 1 fully saturated rings. The Labute approximate surface area is 93.8 Å². The third-order valence-corrected chi connectivity index (χ3v) is 3.12. The smallest absolute Gasteiger partial charge is 0.233 e. The Morgan fingerprint density at radius 2 is 2.00 bits per heavy atom. The second kappa shape index (κ2) is 4.22. The first kappa shape index (κ1) is 11.1. The van der Waals surface area contributed by atoms with E-state index in [9.17, 15) is 9.18 Å². The Hall–Kier alpha value is -1.42. The molecular formula is C12H15FN2O. The summed E-state index contributed by atoms with van der Waals surface area (Å²) < 4.78 is 12.8. The first-order chi connectivity index (χ1) is 7.66. The summed E-state index contributed by atoms with van der Waals surface area (Å²) >= 11 is 0. The molecule has 0 saturated heterocycles. The van der Waals surface area contributed by atoms with Gasteiger partial charge in [0, 0.05) is 12.0 Å². The van der Waals surface area contributed by atoms with Gasteiger partial charge >= 0.3 is 0 Å². The van der Waals surface area contributed by atoms with Crippen molar-refractivity contribution in [2.24, 2.45) is 5.73 Å². The maximum absolute atomic E-state index is 12.8. The zero-order chi connectivity index (χ0) is 11.6. The van der Waals surface area contributed by atoms with Gasteiger partial charge in [0.25, 0.3) is 0 Å². The maximum Gasteiger partial charge on any atom is 0.233 e. The Bertz CT molecular complexity index is 385. The molecule has 4 heteroatoms. The first-order valence-electron chi connectivity index (χ1n) is 5.39. The lowest BCUT2D eigenvalue weighted by Gasteiger charge is -2.16. The Kier molecular flexibility index (Phi) is 2.92. The second-order valence-corrected chi connectivity index (χ2v) is 4.27. The fourth-order valence-corrected chi connectivity index (χ4v) is 1.86. The van der Waals surface area contributed by atoms with Crippen LogP contribution in [0.2, 0.25) is 0 Å². The number of nitrogens with two attached hydrogens (primary N) is 1. The molecule has 1 saturated carbocycles. The molecule has 1 aliphatic rings. The number of carbonyl (C=O) groups is 1. The molecule has 1 aromatic carbocycles. The molecule has 3 N–H and O–H groups in total. The van der Waals surface area contributed by atoms with Gasteiger partial charge in [0.05, 0.1) is 6.54 Å². The summed E-state index contributed by atoms with van der Waals surface area (Å²) in [6.07, 6.45) is 2.06. The van der Waals surface area contributed by atoms with E-state index < -0.39 is 0 Å². The average Bonchev–Trinajstić information content (AvgIpc) is 3.08.